The molecule has 122 valence electrons. The number of hydrogen-bond donors (Lipinski definition) is 0. The van der Waals surface area contributed by atoms with Gasteiger partial charge in [0.25, 0.3) is 0 Å². The number of piperidine rings is 1. The highest BCUT2D eigenvalue weighted by Gasteiger charge is 2.55. The number of hydrogen-bond acceptors (Lipinski definition) is 3. The molecule has 2 unspecified atom stereocenters. The van der Waals surface area contributed by atoms with Crippen LogP contribution in [0.1, 0.15) is 73.6 Å². The highest BCUT2D eigenvalue weighted by Crippen LogP contribution is 2.51. The Morgan fingerprint density at radius 1 is 1.05 bits per heavy atom. The molecule has 21 heavy (non-hydrogen) atoms. The van der Waals surface area contributed by atoms with E-state index in [0.717, 1.165) is 25.9 Å². The van der Waals surface area contributed by atoms with Crippen molar-refractivity contribution in [2.45, 2.75) is 85.3 Å². The van der Waals surface area contributed by atoms with E-state index in [1.54, 1.807) is 6.92 Å². The Morgan fingerprint density at radius 3 is 1.90 bits per heavy atom. The molecule has 2 fully saturated rings. The van der Waals surface area contributed by atoms with Crippen molar-refractivity contribution in [1.29, 1.82) is 0 Å². The molecule has 1 saturated heterocycles. The molecule has 0 aromatic heterocycles. The Hall–Kier alpha value is -0.570. The van der Waals surface area contributed by atoms with Gasteiger partial charge in [0.15, 0.2) is 0 Å². The zero-order valence-corrected chi connectivity index (χ0v) is 14.8. The van der Waals surface area contributed by atoms with Crippen molar-refractivity contribution in [3.8, 4) is 0 Å². The van der Waals surface area contributed by atoms with Gasteiger partial charge in [-0.1, -0.05) is 33.1 Å². The minimum Gasteiger partial charge on any atom is -0.461 e. The Labute approximate surface area is 130 Å². The van der Waals surface area contributed by atoms with E-state index in [9.17, 15) is 4.79 Å². The van der Waals surface area contributed by atoms with Crippen molar-refractivity contribution in [3.05, 3.63) is 0 Å². The predicted molar refractivity (Wildman–Crippen MR) is 86.2 cm³/mol. The lowest BCUT2D eigenvalue weighted by atomic mass is 9.60. The number of carbonyl (C=O) groups excluding carboxylic acids is 1. The lowest BCUT2D eigenvalue weighted by molar-refractivity contribution is -0.191. The number of esters is 1. The van der Waals surface area contributed by atoms with Gasteiger partial charge in [0.05, 0.1) is 0 Å². The van der Waals surface area contributed by atoms with Crippen molar-refractivity contribution in [2.75, 3.05) is 13.1 Å². The number of rotatable bonds is 1. The van der Waals surface area contributed by atoms with Gasteiger partial charge in [0, 0.05) is 36.4 Å². The first-order valence-electron chi connectivity index (χ1n) is 8.49. The molecule has 0 N–H and O–H groups in total. The zero-order chi connectivity index (χ0) is 15.9. The normalized spacial score (nSPS) is 38.5. The molecule has 2 rings (SSSR count). The van der Waals surface area contributed by atoms with Crippen molar-refractivity contribution >= 4 is 5.97 Å². The molecule has 1 aliphatic heterocycles. The third-order valence-electron chi connectivity index (χ3n) is 5.60. The topological polar surface area (TPSA) is 29.5 Å². The Morgan fingerprint density at radius 2 is 1.52 bits per heavy atom. The van der Waals surface area contributed by atoms with Crippen LogP contribution < -0.4 is 0 Å². The van der Waals surface area contributed by atoms with Crippen LogP contribution in [0, 0.1) is 10.8 Å². The second-order valence-corrected chi connectivity index (χ2v) is 8.89. The fraction of sp³-hybridized carbons (Fsp3) is 0.944. The van der Waals surface area contributed by atoms with Crippen molar-refractivity contribution in [2.24, 2.45) is 10.8 Å². The van der Waals surface area contributed by atoms with E-state index in [2.05, 4.69) is 39.5 Å². The molecule has 0 radical (unpaired) electrons. The number of carbonyl (C=O) groups is 1. The number of nitrogens with zero attached hydrogens (tertiary/aromatic N) is 1. The maximum Gasteiger partial charge on any atom is 0.302 e. The summed E-state index contributed by atoms with van der Waals surface area (Å²) in [5.74, 6) is -0.123. The monoisotopic (exact) mass is 295 g/mol. The second-order valence-electron chi connectivity index (χ2n) is 8.89. The van der Waals surface area contributed by atoms with E-state index >= 15 is 0 Å². The lowest BCUT2D eigenvalue weighted by Crippen LogP contribution is -2.65. The third kappa shape index (κ3) is 3.44. The minimum absolute atomic E-state index is 0.0569. The molecule has 2 bridgehead atoms. The smallest absolute Gasteiger partial charge is 0.302 e. The van der Waals surface area contributed by atoms with Gasteiger partial charge in [0.1, 0.15) is 6.10 Å². The molecule has 0 aromatic carbocycles. The second kappa shape index (κ2) is 5.57. The van der Waals surface area contributed by atoms with Crippen LogP contribution in [-0.4, -0.2) is 35.6 Å². The van der Waals surface area contributed by atoms with Gasteiger partial charge < -0.3 is 4.74 Å². The standard InChI is InChI=1S/C18H33NO2/c1-14(20)21-15-17(5)10-8-7-9-11-18(15,6)13-19(12-17)16(2,3)4/h15H,7-13H2,1-6H3. The van der Waals surface area contributed by atoms with Crippen LogP contribution in [0.3, 0.4) is 0 Å². The molecule has 3 heteroatoms. The van der Waals surface area contributed by atoms with E-state index in [1.165, 1.54) is 19.3 Å². The highest BCUT2D eigenvalue weighted by atomic mass is 16.5. The van der Waals surface area contributed by atoms with Crippen LogP contribution in [0.5, 0.6) is 0 Å². The Balaban J connectivity index is 2.38. The quantitative estimate of drug-likeness (QED) is 0.685. The van der Waals surface area contributed by atoms with Crippen molar-refractivity contribution < 1.29 is 9.53 Å². The molecule has 1 saturated carbocycles. The van der Waals surface area contributed by atoms with Crippen LogP contribution in [0.15, 0.2) is 0 Å². The van der Waals surface area contributed by atoms with Gasteiger partial charge in [0.2, 0.25) is 0 Å². The average molecular weight is 295 g/mol. The van der Waals surface area contributed by atoms with E-state index in [0.29, 0.717) is 0 Å². The summed E-state index contributed by atoms with van der Waals surface area (Å²) in [5.41, 5.74) is 0.321. The predicted octanol–water partition coefficient (Wildman–Crippen LogP) is 4.01. The average Bonchev–Trinajstić information content (AvgIpc) is 2.32. The number of fused-ring (bicyclic) bond motifs is 2. The van der Waals surface area contributed by atoms with Gasteiger partial charge in [-0.2, -0.15) is 0 Å². The molecule has 0 spiro atoms. The van der Waals surface area contributed by atoms with E-state index in [1.807, 2.05) is 0 Å². The summed E-state index contributed by atoms with van der Waals surface area (Å²) in [5, 5.41) is 0. The first-order chi connectivity index (χ1) is 9.57. The van der Waals surface area contributed by atoms with Crippen LogP contribution in [-0.2, 0) is 9.53 Å². The van der Waals surface area contributed by atoms with Crippen molar-refractivity contribution in [1.82, 2.24) is 4.90 Å². The summed E-state index contributed by atoms with van der Waals surface area (Å²) in [6.45, 7) is 15.2. The molecule has 2 aliphatic rings. The molecule has 0 aromatic rings. The van der Waals surface area contributed by atoms with Gasteiger partial charge in [-0.15, -0.1) is 0 Å². The number of ether oxygens (including phenoxy) is 1. The summed E-state index contributed by atoms with van der Waals surface area (Å²) in [6.07, 6.45) is 6.19. The first-order valence-corrected chi connectivity index (χ1v) is 8.49. The minimum atomic E-state index is -0.123. The van der Waals surface area contributed by atoms with E-state index in [-0.39, 0.29) is 28.4 Å². The van der Waals surface area contributed by atoms with Crippen LogP contribution in [0.25, 0.3) is 0 Å². The zero-order valence-electron chi connectivity index (χ0n) is 14.8. The lowest BCUT2D eigenvalue weighted by Gasteiger charge is -2.58. The summed E-state index contributed by atoms with van der Waals surface area (Å²) in [6, 6.07) is 0. The van der Waals surface area contributed by atoms with Gasteiger partial charge in [-0.25, -0.2) is 0 Å². The van der Waals surface area contributed by atoms with Gasteiger partial charge >= 0.3 is 5.97 Å². The summed E-state index contributed by atoms with van der Waals surface area (Å²) < 4.78 is 5.90. The maximum absolute atomic E-state index is 11.7. The summed E-state index contributed by atoms with van der Waals surface area (Å²) in [7, 11) is 0. The molecular weight excluding hydrogens is 262 g/mol. The van der Waals surface area contributed by atoms with Gasteiger partial charge in [-0.05, 0) is 33.6 Å². The van der Waals surface area contributed by atoms with Crippen molar-refractivity contribution in [3.63, 3.8) is 0 Å². The van der Waals surface area contributed by atoms with Crippen LogP contribution in [0.4, 0.5) is 0 Å². The fourth-order valence-electron chi connectivity index (χ4n) is 4.51. The highest BCUT2D eigenvalue weighted by molar-refractivity contribution is 5.66. The summed E-state index contributed by atoms with van der Waals surface area (Å²) in [4.78, 5) is 14.3. The van der Waals surface area contributed by atoms with Gasteiger partial charge in [-0.3, -0.25) is 9.69 Å². The van der Waals surface area contributed by atoms with E-state index < -0.39 is 0 Å². The molecule has 1 aliphatic carbocycles. The first kappa shape index (κ1) is 16.8. The largest absolute Gasteiger partial charge is 0.461 e. The maximum atomic E-state index is 11.7. The fourth-order valence-corrected chi connectivity index (χ4v) is 4.51. The third-order valence-corrected chi connectivity index (χ3v) is 5.60. The van der Waals surface area contributed by atoms with E-state index in [4.69, 9.17) is 4.74 Å². The molecule has 1 heterocycles. The Kier molecular flexibility index (Phi) is 4.45. The molecule has 2 atom stereocenters. The number of likely N-dealkylation sites (tertiary alicyclic amines) is 1. The summed E-state index contributed by atoms with van der Waals surface area (Å²) >= 11 is 0. The van der Waals surface area contributed by atoms with Crippen LogP contribution >= 0.6 is 0 Å². The molecular formula is C18H33NO2. The van der Waals surface area contributed by atoms with Crippen LogP contribution in [0.2, 0.25) is 0 Å². The molecule has 0 amide bonds. The molecule has 3 nitrogen and oxygen atoms in total. The Bertz CT molecular complexity index is 379. The SMILES string of the molecule is CC(=O)OC1C2(C)CCCCCC1(C)CN(C(C)(C)C)C2.